The topological polar surface area (TPSA) is 75.7 Å². The van der Waals surface area contributed by atoms with Crippen LogP contribution in [0.25, 0.3) is 0 Å². The molecule has 0 saturated carbocycles. The molecule has 0 fully saturated rings. The van der Waals surface area contributed by atoms with Gasteiger partial charge in [0.25, 0.3) is 0 Å². The lowest BCUT2D eigenvalue weighted by molar-refractivity contribution is -0.123. The van der Waals surface area contributed by atoms with Gasteiger partial charge in [-0.1, -0.05) is 23.8 Å². The minimum atomic E-state index is -0.545. The summed E-state index contributed by atoms with van der Waals surface area (Å²) in [5.74, 6) is -1.11. The highest BCUT2D eigenvalue weighted by Crippen LogP contribution is 2.22. The molecule has 140 valence electrons. The largest absolute Gasteiger partial charge is 0.465 e. The third-order valence-electron chi connectivity index (χ3n) is 4.44. The first-order valence-electron chi connectivity index (χ1n) is 8.93. The van der Waals surface area contributed by atoms with E-state index < -0.39 is 5.97 Å². The minimum Gasteiger partial charge on any atom is -0.465 e. The Hall–Kier alpha value is -2.63. The number of hydrogen-bond acceptors (Lipinski definition) is 4. The summed E-state index contributed by atoms with van der Waals surface area (Å²) < 4.78 is 4.76. The normalized spacial score (nSPS) is 13.5. The zero-order valence-electron chi connectivity index (χ0n) is 15.4. The highest BCUT2D eigenvalue weighted by Gasteiger charge is 2.21. The van der Waals surface area contributed by atoms with Gasteiger partial charge in [-0.05, 0) is 44.2 Å². The fourth-order valence-corrected chi connectivity index (χ4v) is 3.05. The van der Waals surface area contributed by atoms with Gasteiger partial charge in [0.05, 0.1) is 18.4 Å². The average Bonchev–Trinajstić information content (AvgIpc) is 2.66. The number of nitrogens with zero attached hydrogens (tertiary/aromatic N) is 1. The highest BCUT2D eigenvalue weighted by atomic mass is 16.5. The van der Waals surface area contributed by atoms with Crippen molar-refractivity contribution in [1.29, 1.82) is 0 Å². The number of ether oxygens (including phenoxy) is 1. The van der Waals surface area contributed by atoms with Crippen molar-refractivity contribution < 1.29 is 19.1 Å². The second kappa shape index (κ2) is 9.75. The molecule has 0 atom stereocenters. The van der Waals surface area contributed by atoms with E-state index in [0.717, 1.165) is 19.3 Å². The van der Waals surface area contributed by atoms with E-state index in [1.54, 1.807) is 24.3 Å². The quantitative estimate of drug-likeness (QED) is 0.601. The van der Waals surface area contributed by atoms with Crippen LogP contribution in [0.5, 0.6) is 0 Å². The molecule has 0 aromatic heterocycles. The first-order chi connectivity index (χ1) is 12.5. The standard InChI is InChI=1S/C20H26N2O4/c1-15(23)22(18-11-7-6-10-17(18)20(25)26-2)14-19(24)21-13-12-16-8-4-3-5-9-16/h6-8,10-11H,3-5,9,12-14H2,1-2H3,(H,21,24). The van der Waals surface area contributed by atoms with Crippen LogP contribution >= 0.6 is 0 Å². The van der Waals surface area contributed by atoms with Crippen molar-refractivity contribution in [2.45, 2.75) is 39.0 Å². The molecule has 2 rings (SSSR count). The molecule has 1 aromatic rings. The molecule has 0 aliphatic heterocycles. The number of methoxy groups -OCH3 is 1. The second-order valence-corrected chi connectivity index (χ2v) is 6.32. The van der Waals surface area contributed by atoms with Crippen molar-refractivity contribution in [3.8, 4) is 0 Å². The van der Waals surface area contributed by atoms with Crippen LogP contribution in [-0.4, -0.2) is 38.0 Å². The second-order valence-electron chi connectivity index (χ2n) is 6.32. The van der Waals surface area contributed by atoms with Crippen molar-refractivity contribution in [3.05, 3.63) is 41.5 Å². The fourth-order valence-electron chi connectivity index (χ4n) is 3.05. The fraction of sp³-hybridized carbons (Fsp3) is 0.450. The number of carbonyl (C=O) groups is 3. The first kappa shape index (κ1) is 19.7. The summed E-state index contributed by atoms with van der Waals surface area (Å²) in [4.78, 5) is 37.6. The molecule has 6 nitrogen and oxygen atoms in total. The van der Waals surface area contributed by atoms with Crippen LogP contribution in [0, 0.1) is 0 Å². The van der Waals surface area contributed by atoms with Gasteiger partial charge in [-0.2, -0.15) is 0 Å². The van der Waals surface area contributed by atoms with Crippen molar-refractivity contribution in [3.63, 3.8) is 0 Å². The van der Waals surface area contributed by atoms with Crippen molar-refractivity contribution in [2.24, 2.45) is 0 Å². The third kappa shape index (κ3) is 5.44. The minimum absolute atomic E-state index is 0.137. The Labute approximate surface area is 154 Å². The first-order valence-corrected chi connectivity index (χ1v) is 8.93. The van der Waals surface area contributed by atoms with Gasteiger partial charge in [-0.3, -0.25) is 9.59 Å². The summed E-state index contributed by atoms with van der Waals surface area (Å²) in [6, 6.07) is 6.61. The summed E-state index contributed by atoms with van der Waals surface area (Å²) in [7, 11) is 1.28. The molecule has 0 unspecified atom stereocenters. The maximum absolute atomic E-state index is 12.3. The number of amides is 2. The van der Waals surface area contributed by atoms with E-state index in [0.29, 0.717) is 12.2 Å². The van der Waals surface area contributed by atoms with Gasteiger partial charge in [0.15, 0.2) is 0 Å². The zero-order chi connectivity index (χ0) is 18.9. The van der Waals surface area contributed by atoms with Gasteiger partial charge in [-0.15, -0.1) is 0 Å². The number of hydrogen-bond donors (Lipinski definition) is 1. The molecule has 1 N–H and O–H groups in total. The van der Waals surface area contributed by atoms with Crippen LogP contribution in [0.3, 0.4) is 0 Å². The predicted molar refractivity (Wildman–Crippen MR) is 100.0 cm³/mol. The van der Waals surface area contributed by atoms with E-state index in [-0.39, 0.29) is 23.9 Å². The maximum Gasteiger partial charge on any atom is 0.339 e. The molecule has 2 amide bonds. The Morgan fingerprint density at radius 1 is 1.19 bits per heavy atom. The molecule has 0 spiro atoms. The maximum atomic E-state index is 12.3. The molecule has 26 heavy (non-hydrogen) atoms. The van der Waals surface area contributed by atoms with Gasteiger partial charge in [-0.25, -0.2) is 4.79 Å². The molecular formula is C20H26N2O4. The summed E-state index contributed by atoms with van der Waals surface area (Å²) in [6.07, 6.45) is 7.76. The number of para-hydroxylation sites is 1. The molecular weight excluding hydrogens is 332 g/mol. The molecule has 0 radical (unpaired) electrons. The molecule has 1 aromatic carbocycles. The van der Waals surface area contributed by atoms with E-state index in [9.17, 15) is 14.4 Å². The van der Waals surface area contributed by atoms with E-state index >= 15 is 0 Å². The van der Waals surface area contributed by atoms with Gasteiger partial charge in [0.2, 0.25) is 11.8 Å². The molecule has 0 bridgehead atoms. The Bertz CT molecular complexity index is 697. The van der Waals surface area contributed by atoms with Crippen molar-refractivity contribution >= 4 is 23.5 Å². The lowest BCUT2D eigenvalue weighted by Gasteiger charge is -2.23. The van der Waals surface area contributed by atoms with Gasteiger partial charge >= 0.3 is 5.97 Å². The van der Waals surface area contributed by atoms with Crippen molar-refractivity contribution in [1.82, 2.24) is 5.32 Å². The number of esters is 1. The zero-order valence-corrected chi connectivity index (χ0v) is 15.4. The summed E-state index contributed by atoms with van der Waals surface area (Å²) in [5.41, 5.74) is 2.01. The number of rotatable bonds is 7. The number of anilines is 1. The lowest BCUT2D eigenvalue weighted by atomic mass is 9.97. The molecule has 0 heterocycles. The smallest absolute Gasteiger partial charge is 0.339 e. The van der Waals surface area contributed by atoms with E-state index in [2.05, 4.69) is 11.4 Å². The highest BCUT2D eigenvalue weighted by molar-refractivity contribution is 6.04. The SMILES string of the molecule is COC(=O)c1ccccc1N(CC(=O)NCCC1=CCCCC1)C(C)=O. The number of allylic oxidation sites excluding steroid dienone is 1. The Morgan fingerprint density at radius 2 is 1.96 bits per heavy atom. The van der Waals surface area contributed by atoms with Crippen LogP contribution in [0.15, 0.2) is 35.9 Å². The van der Waals surface area contributed by atoms with Crippen LogP contribution < -0.4 is 10.2 Å². The van der Waals surface area contributed by atoms with E-state index in [4.69, 9.17) is 4.74 Å². The van der Waals surface area contributed by atoms with E-state index in [1.165, 1.54) is 37.3 Å². The third-order valence-corrected chi connectivity index (χ3v) is 4.44. The molecule has 0 saturated heterocycles. The summed E-state index contributed by atoms with van der Waals surface area (Å²) in [6.45, 7) is 1.78. The molecule has 6 heteroatoms. The Balaban J connectivity index is 2.00. The monoisotopic (exact) mass is 358 g/mol. The lowest BCUT2D eigenvalue weighted by Crippen LogP contribution is -2.40. The van der Waals surface area contributed by atoms with Gasteiger partial charge in [0, 0.05) is 13.5 Å². The Morgan fingerprint density at radius 3 is 2.62 bits per heavy atom. The van der Waals surface area contributed by atoms with Gasteiger partial charge in [0.1, 0.15) is 6.54 Å². The van der Waals surface area contributed by atoms with E-state index in [1.807, 2.05) is 0 Å². The van der Waals surface area contributed by atoms with Gasteiger partial charge < -0.3 is 15.0 Å². The van der Waals surface area contributed by atoms with Crippen LogP contribution in [-0.2, 0) is 14.3 Å². The summed E-state index contributed by atoms with van der Waals surface area (Å²) >= 11 is 0. The van der Waals surface area contributed by atoms with Crippen LogP contribution in [0.1, 0.15) is 49.4 Å². The average molecular weight is 358 g/mol. The predicted octanol–water partition coefficient (Wildman–Crippen LogP) is 2.83. The summed E-state index contributed by atoms with van der Waals surface area (Å²) in [5, 5.41) is 2.86. The number of carbonyl (C=O) groups excluding carboxylic acids is 3. The number of benzene rings is 1. The molecule has 1 aliphatic rings. The van der Waals surface area contributed by atoms with Crippen LogP contribution in [0.2, 0.25) is 0 Å². The Kier molecular flexibility index (Phi) is 7.38. The van der Waals surface area contributed by atoms with Crippen LogP contribution in [0.4, 0.5) is 5.69 Å². The van der Waals surface area contributed by atoms with Crippen molar-refractivity contribution in [2.75, 3.05) is 25.1 Å². The molecule has 1 aliphatic carbocycles. The number of nitrogens with one attached hydrogen (secondary N) is 1.